The molecule has 0 unspecified atom stereocenters. The van der Waals surface area contributed by atoms with E-state index in [1.807, 2.05) is 42.2 Å². The molecule has 8 heteroatoms. The Labute approximate surface area is 178 Å². The van der Waals surface area contributed by atoms with Crippen molar-refractivity contribution < 1.29 is 9.53 Å². The van der Waals surface area contributed by atoms with Crippen molar-refractivity contribution in [3.05, 3.63) is 42.1 Å². The van der Waals surface area contributed by atoms with E-state index in [-0.39, 0.29) is 12.5 Å². The lowest BCUT2D eigenvalue weighted by molar-refractivity contribution is -0.133. The van der Waals surface area contributed by atoms with Crippen LogP contribution in [0.25, 0.3) is 0 Å². The Morgan fingerprint density at radius 1 is 0.933 bits per heavy atom. The number of aryl methyl sites for hydroxylation is 1. The molecule has 30 heavy (non-hydrogen) atoms. The number of hydrogen-bond acceptors (Lipinski definition) is 7. The van der Waals surface area contributed by atoms with Gasteiger partial charge in [0.1, 0.15) is 11.6 Å². The summed E-state index contributed by atoms with van der Waals surface area (Å²) in [5.41, 5.74) is 0.976. The molecule has 1 aromatic heterocycles. The molecule has 4 rings (SSSR count). The molecule has 2 aromatic rings. The Balaban J connectivity index is 1.33. The number of aromatic nitrogens is 2. The van der Waals surface area contributed by atoms with Crippen LogP contribution in [0.15, 0.2) is 36.4 Å². The molecule has 0 spiro atoms. The molecule has 8 nitrogen and oxygen atoms in total. The van der Waals surface area contributed by atoms with Crippen LogP contribution in [0.4, 0.5) is 11.8 Å². The van der Waals surface area contributed by atoms with Gasteiger partial charge in [-0.1, -0.05) is 18.2 Å². The lowest BCUT2D eigenvalue weighted by Gasteiger charge is -2.36. The normalized spacial score (nSPS) is 17.9. The number of amides is 1. The number of carbonyl (C=O) groups excluding carboxylic acids is 1. The maximum absolute atomic E-state index is 12.5. The van der Waals surface area contributed by atoms with Gasteiger partial charge in [-0.05, 0) is 26.1 Å². The highest BCUT2D eigenvalue weighted by Gasteiger charge is 2.24. The van der Waals surface area contributed by atoms with Gasteiger partial charge in [0.25, 0.3) is 5.91 Å². The standard InChI is InChI=1S/C22H30N6O2/c1-18-16-20(26-10-8-25(2)9-11-26)24-22(23-18)28-14-12-27(13-15-28)21(29)17-30-19-6-4-3-5-7-19/h3-7,16H,8-15,17H2,1-2H3. The first-order valence-electron chi connectivity index (χ1n) is 10.6. The predicted octanol–water partition coefficient (Wildman–Crippen LogP) is 1.26. The zero-order valence-corrected chi connectivity index (χ0v) is 17.8. The van der Waals surface area contributed by atoms with E-state index in [0.29, 0.717) is 18.8 Å². The van der Waals surface area contributed by atoms with Gasteiger partial charge in [0.15, 0.2) is 6.61 Å². The van der Waals surface area contributed by atoms with E-state index < -0.39 is 0 Å². The van der Waals surface area contributed by atoms with Crippen molar-refractivity contribution in [3.63, 3.8) is 0 Å². The second kappa shape index (κ2) is 9.30. The molecule has 160 valence electrons. The number of likely N-dealkylation sites (N-methyl/N-ethyl adjacent to an activating group) is 1. The van der Waals surface area contributed by atoms with Crippen LogP contribution >= 0.6 is 0 Å². The van der Waals surface area contributed by atoms with Gasteiger partial charge in [-0.2, -0.15) is 4.98 Å². The Morgan fingerprint density at radius 2 is 1.60 bits per heavy atom. The number of anilines is 2. The minimum absolute atomic E-state index is 0.0155. The molecule has 2 aliphatic heterocycles. The van der Waals surface area contributed by atoms with Crippen LogP contribution in [-0.4, -0.2) is 91.7 Å². The van der Waals surface area contributed by atoms with Crippen molar-refractivity contribution in [3.8, 4) is 5.75 Å². The fourth-order valence-corrected chi connectivity index (χ4v) is 3.78. The van der Waals surface area contributed by atoms with Crippen molar-refractivity contribution in [2.45, 2.75) is 6.92 Å². The number of nitrogens with zero attached hydrogens (tertiary/aromatic N) is 6. The van der Waals surface area contributed by atoms with Gasteiger partial charge < -0.3 is 24.3 Å². The number of rotatable bonds is 5. The third-order valence-electron chi connectivity index (χ3n) is 5.68. The van der Waals surface area contributed by atoms with Crippen LogP contribution in [0.3, 0.4) is 0 Å². The van der Waals surface area contributed by atoms with Crippen LogP contribution in [0.5, 0.6) is 5.75 Å². The minimum Gasteiger partial charge on any atom is -0.484 e. The van der Waals surface area contributed by atoms with Crippen LogP contribution in [-0.2, 0) is 4.79 Å². The summed E-state index contributed by atoms with van der Waals surface area (Å²) < 4.78 is 5.60. The third-order valence-corrected chi connectivity index (χ3v) is 5.68. The maximum atomic E-state index is 12.5. The summed E-state index contributed by atoms with van der Waals surface area (Å²) in [6, 6.07) is 11.5. The Morgan fingerprint density at radius 3 is 2.30 bits per heavy atom. The van der Waals surface area contributed by atoms with Crippen molar-refractivity contribution in [2.75, 3.05) is 75.8 Å². The first-order chi connectivity index (χ1) is 14.6. The lowest BCUT2D eigenvalue weighted by Crippen LogP contribution is -2.50. The summed E-state index contributed by atoms with van der Waals surface area (Å²) in [7, 11) is 2.15. The summed E-state index contributed by atoms with van der Waals surface area (Å²) in [5.74, 6) is 2.49. The van der Waals surface area contributed by atoms with Crippen molar-refractivity contribution >= 4 is 17.7 Å². The van der Waals surface area contributed by atoms with Crippen molar-refractivity contribution in [2.24, 2.45) is 0 Å². The third kappa shape index (κ3) is 4.99. The number of hydrogen-bond donors (Lipinski definition) is 0. The molecule has 0 N–H and O–H groups in total. The highest BCUT2D eigenvalue weighted by Crippen LogP contribution is 2.20. The fraction of sp³-hybridized carbons (Fsp3) is 0.500. The summed E-state index contributed by atoms with van der Waals surface area (Å²) in [4.78, 5) is 30.7. The average Bonchev–Trinajstić information content (AvgIpc) is 2.78. The van der Waals surface area contributed by atoms with Crippen molar-refractivity contribution in [1.29, 1.82) is 0 Å². The number of carbonyl (C=O) groups is 1. The number of piperazine rings is 2. The predicted molar refractivity (Wildman–Crippen MR) is 117 cm³/mol. The van der Waals surface area contributed by atoms with E-state index >= 15 is 0 Å². The first-order valence-corrected chi connectivity index (χ1v) is 10.6. The first kappa shape index (κ1) is 20.4. The molecule has 3 heterocycles. The van der Waals surface area contributed by atoms with E-state index in [1.54, 1.807) is 0 Å². The molecule has 0 saturated carbocycles. The molecule has 0 atom stereocenters. The molecule has 2 saturated heterocycles. The highest BCUT2D eigenvalue weighted by molar-refractivity contribution is 5.78. The molecule has 2 aliphatic rings. The van der Waals surface area contributed by atoms with Gasteiger partial charge in [0.05, 0.1) is 0 Å². The van der Waals surface area contributed by atoms with Gasteiger partial charge in [-0.25, -0.2) is 4.98 Å². The van der Waals surface area contributed by atoms with Gasteiger partial charge in [-0.3, -0.25) is 4.79 Å². The number of benzene rings is 1. The lowest BCUT2D eigenvalue weighted by atomic mass is 10.3. The number of para-hydroxylation sites is 1. The number of ether oxygens (including phenoxy) is 1. The molecular weight excluding hydrogens is 380 g/mol. The fourth-order valence-electron chi connectivity index (χ4n) is 3.78. The van der Waals surface area contributed by atoms with E-state index in [2.05, 4.69) is 32.8 Å². The average molecular weight is 411 g/mol. The monoisotopic (exact) mass is 410 g/mol. The van der Waals surface area contributed by atoms with Gasteiger partial charge in [0.2, 0.25) is 5.95 Å². The zero-order chi connectivity index (χ0) is 20.9. The van der Waals surface area contributed by atoms with E-state index in [4.69, 9.17) is 9.72 Å². The Kier molecular flexibility index (Phi) is 6.32. The van der Waals surface area contributed by atoms with Gasteiger partial charge in [0, 0.05) is 64.1 Å². The Bertz CT molecular complexity index is 846. The molecule has 1 aromatic carbocycles. The molecule has 2 fully saturated rings. The topological polar surface area (TPSA) is 65.0 Å². The molecule has 0 bridgehead atoms. The minimum atomic E-state index is 0.0155. The van der Waals surface area contributed by atoms with Gasteiger partial charge in [-0.15, -0.1) is 0 Å². The SMILES string of the molecule is Cc1cc(N2CCN(C)CC2)nc(N2CCN(C(=O)COc3ccccc3)CC2)n1. The summed E-state index contributed by atoms with van der Waals surface area (Å²) in [6.07, 6.45) is 0. The van der Waals surface area contributed by atoms with E-state index in [9.17, 15) is 4.79 Å². The maximum Gasteiger partial charge on any atom is 0.260 e. The highest BCUT2D eigenvalue weighted by atomic mass is 16.5. The second-order valence-corrected chi connectivity index (χ2v) is 7.93. The van der Waals surface area contributed by atoms with E-state index in [0.717, 1.165) is 56.7 Å². The Hall–Kier alpha value is -2.87. The molecule has 0 radical (unpaired) electrons. The second-order valence-electron chi connectivity index (χ2n) is 7.93. The molecule has 1 amide bonds. The molecular formula is C22H30N6O2. The summed E-state index contributed by atoms with van der Waals surface area (Å²) >= 11 is 0. The van der Waals surface area contributed by atoms with Crippen LogP contribution < -0.4 is 14.5 Å². The quantitative estimate of drug-likeness (QED) is 0.735. The summed E-state index contributed by atoms with van der Waals surface area (Å²) in [6.45, 7) is 8.90. The van der Waals surface area contributed by atoms with Gasteiger partial charge >= 0.3 is 0 Å². The van der Waals surface area contributed by atoms with Crippen LogP contribution in [0, 0.1) is 6.92 Å². The van der Waals surface area contributed by atoms with E-state index in [1.165, 1.54) is 0 Å². The van der Waals surface area contributed by atoms with Crippen LogP contribution in [0.1, 0.15) is 5.69 Å². The zero-order valence-electron chi connectivity index (χ0n) is 17.8. The smallest absolute Gasteiger partial charge is 0.260 e. The van der Waals surface area contributed by atoms with Crippen LogP contribution in [0.2, 0.25) is 0 Å². The molecule has 0 aliphatic carbocycles. The van der Waals surface area contributed by atoms with Crippen molar-refractivity contribution in [1.82, 2.24) is 19.8 Å². The summed E-state index contributed by atoms with van der Waals surface area (Å²) in [5, 5.41) is 0. The largest absolute Gasteiger partial charge is 0.484 e.